The van der Waals surface area contributed by atoms with Crippen LogP contribution in [0.25, 0.3) is 21.6 Å². The molecule has 0 radical (unpaired) electrons. The molecule has 0 fully saturated rings. The summed E-state index contributed by atoms with van der Waals surface area (Å²) < 4.78 is 14.2. The highest BCUT2D eigenvalue weighted by molar-refractivity contribution is 7.98. The summed E-state index contributed by atoms with van der Waals surface area (Å²) in [6.45, 7) is 0. The fourth-order valence-corrected chi connectivity index (χ4v) is 3.42. The molecule has 3 nitrogen and oxygen atoms in total. The quantitative estimate of drug-likeness (QED) is 0.734. The smallest absolute Gasteiger partial charge is 0.167 e. The van der Waals surface area contributed by atoms with Crippen molar-refractivity contribution < 1.29 is 4.39 Å². The Kier molecular flexibility index (Phi) is 3.58. The predicted molar refractivity (Wildman–Crippen MR) is 84.1 cm³/mol. The van der Waals surface area contributed by atoms with Crippen LogP contribution in [0.15, 0.2) is 34.5 Å². The molecule has 2 heterocycles. The lowest BCUT2D eigenvalue weighted by Crippen LogP contribution is -1.99. The average Bonchev–Trinajstić information content (AvgIpc) is 2.94. The Hall–Kier alpha value is -1.66. The Morgan fingerprint density at radius 1 is 1.25 bits per heavy atom. The van der Waals surface area contributed by atoms with E-state index in [4.69, 9.17) is 0 Å². The molecule has 3 rings (SSSR count). The number of fused-ring (bicyclic) bond motifs is 1. The maximum Gasteiger partial charge on any atom is 0.167 e. The summed E-state index contributed by atoms with van der Waals surface area (Å²) in [4.78, 5) is 10.7. The highest BCUT2D eigenvalue weighted by atomic mass is 32.2. The van der Waals surface area contributed by atoms with Gasteiger partial charge in [-0.2, -0.15) is 0 Å². The van der Waals surface area contributed by atoms with Crippen LogP contribution >= 0.6 is 23.1 Å². The molecule has 0 aliphatic carbocycles. The van der Waals surface area contributed by atoms with Gasteiger partial charge in [0.05, 0.1) is 10.9 Å². The van der Waals surface area contributed by atoms with E-state index < -0.39 is 0 Å². The predicted octanol–water partition coefficient (Wildman–Crippen LogP) is 4.26. The third-order valence-corrected chi connectivity index (χ3v) is 4.57. The second kappa shape index (κ2) is 5.38. The number of nitrogens with zero attached hydrogens (tertiary/aromatic N) is 2. The van der Waals surface area contributed by atoms with Crippen molar-refractivity contribution in [3.63, 3.8) is 0 Å². The Bertz CT molecular complexity index is 770. The van der Waals surface area contributed by atoms with E-state index in [0.717, 1.165) is 20.9 Å². The summed E-state index contributed by atoms with van der Waals surface area (Å²) in [6, 6.07) is 6.99. The van der Waals surface area contributed by atoms with Gasteiger partial charge in [0.15, 0.2) is 5.82 Å². The lowest BCUT2D eigenvalue weighted by Gasteiger charge is -2.09. The number of benzene rings is 1. The molecule has 0 spiro atoms. The molecule has 0 unspecified atom stereocenters. The number of hydrogen-bond acceptors (Lipinski definition) is 5. The van der Waals surface area contributed by atoms with Gasteiger partial charge in [0.1, 0.15) is 16.5 Å². The molecule has 0 saturated heterocycles. The molecule has 0 atom stereocenters. The molecular formula is C14H12FN3S2. The third-order valence-electron chi connectivity index (χ3n) is 2.98. The number of thiophene rings is 1. The molecule has 3 aromatic rings. The van der Waals surface area contributed by atoms with Crippen molar-refractivity contribution in [3.8, 4) is 11.4 Å². The van der Waals surface area contributed by atoms with Crippen LogP contribution in [0.5, 0.6) is 0 Å². The minimum Gasteiger partial charge on any atom is -0.372 e. The number of nitrogens with one attached hydrogen (secondary N) is 1. The standard InChI is InChI=1S/C14H12FN3S2/c1-16-12-8-6-7-20-14(8)18-13(17-12)11-9(15)4-3-5-10(11)19-2/h3-7H,1-2H3,(H,16,17,18). The van der Waals surface area contributed by atoms with E-state index in [1.54, 1.807) is 13.1 Å². The van der Waals surface area contributed by atoms with Crippen molar-refractivity contribution >= 4 is 39.1 Å². The summed E-state index contributed by atoms with van der Waals surface area (Å²) in [6.07, 6.45) is 1.92. The normalized spacial score (nSPS) is 10.9. The van der Waals surface area contributed by atoms with Crippen LogP contribution in [-0.4, -0.2) is 23.3 Å². The monoisotopic (exact) mass is 305 g/mol. The Morgan fingerprint density at radius 3 is 2.85 bits per heavy atom. The van der Waals surface area contributed by atoms with E-state index >= 15 is 0 Å². The van der Waals surface area contributed by atoms with Crippen LogP contribution < -0.4 is 5.32 Å². The second-order valence-electron chi connectivity index (χ2n) is 4.10. The SMILES string of the molecule is CNc1nc(-c2c(F)cccc2SC)nc2sccc12. The zero-order chi connectivity index (χ0) is 14.1. The molecule has 102 valence electrons. The van der Waals surface area contributed by atoms with Gasteiger partial charge < -0.3 is 5.32 Å². The molecule has 6 heteroatoms. The van der Waals surface area contributed by atoms with Gasteiger partial charge in [-0.1, -0.05) is 6.07 Å². The van der Waals surface area contributed by atoms with E-state index in [1.165, 1.54) is 29.2 Å². The van der Waals surface area contributed by atoms with Gasteiger partial charge in [0.2, 0.25) is 0 Å². The second-order valence-corrected chi connectivity index (χ2v) is 5.84. The lowest BCUT2D eigenvalue weighted by molar-refractivity contribution is 0.627. The largest absolute Gasteiger partial charge is 0.372 e. The van der Waals surface area contributed by atoms with Gasteiger partial charge in [-0.25, -0.2) is 14.4 Å². The molecule has 0 saturated carbocycles. The fourth-order valence-electron chi connectivity index (χ4n) is 2.05. The zero-order valence-electron chi connectivity index (χ0n) is 11.0. The van der Waals surface area contributed by atoms with Crippen molar-refractivity contribution in [1.82, 2.24) is 9.97 Å². The minimum absolute atomic E-state index is 0.296. The van der Waals surface area contributed by atoms with E-state index in [1.807, 2.05) is 23.8 Å². The van der Waals surface area contributed by atoms with Gasteiger partial charge >= 0.3 is 0 Å². The average molecular weight is 305 g/mol. The highest BCUT2D eigenvalue weighted by Crippen LogP contribution is 2.34. The van der Waals surface area contributed by atoms with Gasteiger partial charge in [-0.05, 0) is 29.8 Å². The van der Waals surface area contributed by atoms with Crippen molar-refractivity contribution in [2.45, 2.75) is 4.90 Å². The molecule has 0 amide bonds. The molecule has 1 aromatic carbocycles. The van der Waals surface area contributed by atoms with E-state index in [9.17, 15) is 4.39 Å². The van der Waals surface area contributed by atoms with Crippen molar-refractivity contribution in [1.29, 1.82) is 0 Å². The van der Waals surface area contributed by atoms with Crippen molar-refractivity contribution in [2.75, 3.05) is 18.6 Å². The molecule has 2 aromatic heterocycles. The summed E-state index contributed by atoms with van der Waals surface area (Å²) in [7, 11) is 1.81. The summed E-state index contributed by atoms with van der Waals surface area (Å²) in [5, 5.41) is 5.97. The highest BCUT2D eigenvalue weighted by Gasteiger charge is 2.16. The van der Waals surface area contributed by atoms with E-state index in [-0.39, 0.29) is 5.82 Å². The number of thioether (sulfide) groups is 1. The molecule has 0 bridgehead atoms. The first kappa shape index (κ1) is 13.3. The first-order chi connectivity index (χ1) is 9.74. The fraction of sp³-hybridized carbons (Fsp3) is 0.143. The van der Waals surface area contributed by atoms with Crippen LogP contribution in [0.1, 0.15) is 0 Å². The minimum atomic E-state index is -0.296. The van der Waals surface area contributed by atoms with Gasteiger partial charge in [-0.15, -0.1) is 23.1 Å². The van der Waals surface area contributed by atoms with Gasteiger partial charge in [0.25, 0.3) is 0 Å². The summed E-state index contributed by atoms with van der Waals surface area (Å²) in [5.41, 5.74) is 0.465. The molecule has 1 N–H and O–H groups in total. The molecule has 20 heavy (non-hydrogen) atoms. The summed E-state index contributed by atoms with van der Waals surface area (Å²) >= 11 is 3.01. The molecule has 0 aliphatic rings. The first-order valence-corrected chi connectivity index (χ1v) is 8.11. The van der Waals surface area contributed by atoms with Crippen molar-refractivity contribution in [3.05, 3.63) is 35.5 Å². The molecule has 0 aliphatic heterocycles. The number of halogens is 1. The maximum atomic E-state index is 14.2. The lowest BCUT2D eigenvalue weighted by atomic mass is 10.2. The number of aromatic nitrogens is 2. The van der Waals surface area contributed by atoms with Gasteiger partial charge in [0, 0.05) is 11.9 Å². The number of rotatable bonds is 3. The Morgan fingerprint density at radius 2 is 2.10 bits per heavy atom. The Balaban J connectivity index is 2.29. The first-order valence-electron chi connectivity index (χ1n) is 6.00. The number of anilines is 1. The van der Waals surface area contributed by atoms with Gasteiger partial charge in [-0.3, -0.25) is 0 Å². The zero-order valence-corrected chi connectivity index (χ0v) is 12.6. The number of hydrogen-bond donors (Lipinski definition) is 1. The van der Waals surface area contributed by atoms with Crippen LogP contribution in [0.2, 0.25) is 0 Å². The topological polar surface area (TPSA) is 37.8 Å². The summed E-state index contributed by atoms with van der Waals surface area (Å²) in [5.74, 6) is 0.850. The van der Waals surface area contributed by atoms with Crippen LogP contribution in [0, 0.1) is 5.82 Å². The Labute approximate surface area is 124 Å². The van der Waals surface area contributed by atoms with E-state index in [2.05, 4.69) is 15.3 Å². The van der Waals surface area contributed by atoms with Crippen LogP contribution in [-0.2, 0) is 0 Å². The maximum absolute atomic E-state index is 14.2. The van der Waals surface area contributed by atoms with Crippen LogP contribution in [0.4, 0.5) is 10.2 Å². The van der Waals surface area contributed by atoms with Crippen LogP contribution in [0.3, 0.4) is 0 Å². The van der Waals surface area contributed by atoms with E-state index in [0.29, 0.717) is 11.4 Å². The van der Waals surface area contributed by atoms with Crippen molar-refractivity contribution in [2.24, 2.45) is 0 Å². The molecular weight excluding hydrogens is 293 g/mol. The third kappa shape index (κ3) is 2.14.